The summed E-state index contributed by atoms with van der Waals surface area (Å²) in [5.74, 6) is -1.83. The Morgan fingerprint density at radius 1 is 0.818 bits per heavy atom. The maximum atomic E-state index is 13.4. The van der Waals surface area contributed by atoms with Crippen LogP contribution in [0.15, 0.2) is 91.3 Å². The minimum atomic E-state index is -1.09. The SMILES string of the molecule is O=C1Oc2ccccc2C(=O)C1C(c1ccc(Cl)cc1)c1cnc(Oc2ccccc2)nc1. The van der Waals surface area contributed by atoms with E-state index in [4.69, 9.17) is 21.1 Å². The normalized spacial score (nSPS) is 16.0. The molecule has 7 heteroatoms. The average molecular weight is 457 g/mol. The Bertz CT molecular complexity index is 1310. The van der Waals surface area contributed by atoms with Crippen molar-refractivity contribution in [1.82, 2.24) is 9.97 Å². The third-order valence-corrected chi connectivity index (χ3v) is 5.67. The molecule has 6 nitrogen and oxygen atoms in total. The summed E-state index contributed by atoms with van der Waals surface area (Å²) in [6.07, 6.45) is 3.12. The molecule has 162 valence electrons. The molecule has 0 spiro atoms. The second-order valence-electron chi connectivity index (χ2n) is 7.50. The second kappa shape index (κ2) is 8.84. The lowest BCUT2D eigenvalue weighted by atomic mass is 9.77. The average Bonchev–Trinajstić information content (AvgIpc) is 2.84. The van der Waals surface area contributed by atoms with Crippen molar-refractivity contribution in [1.29, 1.82) is 0 Å². The first kappa shape index (κ1) is 20.8. The number of esters is 1. The lowest BCUT2D eigenvalue weighted by Crippen LogP contribution is -2.38. The minimum Gasteiger partial charge on any atom is -0.425 e. The molecule has 0 aliphatic carbocycles. The highest BCUT2D eigenvalue weighted by atomic mass is 35.5. The molecule has 2 unspecified atom stereocenters. The first-order valence-corrected chi connectivity index (χ1v) is 10.6. The number of ketones is 1. The molecule has 3 aromatic carbocycles. The van der Waals surface area contributed by atoms with Crippen LogP contribution in [0.25, 0.3) is 0 Å². The molecule has 2 atom stereocenters. The van der Waals surface area contributed by atoms with Crippen molar-refractivity contribution in [3.8, 4) is 17.5 Å². The third kappa shape index (κ3) is 4.21. The number of nitrogens with zero attached hydrogens (tertiary/aromatic N) is 2. The highest BCUT2D eigenvalue weighted by Gasteiger charge is 2.43. The van der Waals surface area contributed by atoms with Gasteiger partial charge in [0.15, 0.2) is 5.78 Å². The number of Topliss-reactive ketones (excluding diaryl/α,β-unsaturated/α-hetero) is 1. The lowest BCUT2D eigenvalue weighted by molar-refractivity contribution is -0.138. The zero-order chi connectivity index (χ0) is 22.8. The fourth-order valence-corrected chi connectivity index (χ4v) is 4.00. The maximum Gasteiger partial charge on any atom is 0.323 e. The predicted molar refractivity (Wildman–Crippen MR) is 122 cm³/mol. The first-order valence-electron chi connectivity index (χ1n) is 10.3. The van der Waals surface area contributed by atoms with E-state index in [1.807, 2.05) is 18.2 Å². The zero-order valence-electron chi connectivity index (χ0n) is 17.2. The van der Waals surface area contributed by atoms with E-state index in [-0.39, 0.29) is 17.5 Å². The van der Waals surface area contributed by atoms with Crippen LogP contribution < -0.4 is 9.47 Å². The molecule has 1 aromatic heterocycles. The van der Waals surface area contributed by atoms with Crippen molar-refractivity contribution in [2.75, 3.05) is 0 Å². The van der Waals surface area contributed by atoms with Gasteiger partial charge in [0.1, 0.15) is 17.4 Å². The highest BCUT2D eigenvalue weighted by molar-refractivity contribution is 6.30. The lowest BCUT2D eigenvalue weighted by Gasteiger charge is -2.29. The van der Waals surface area contributed by atoms with Crippen molar-refractivity contribution in [2.24, 2.45) is 5.92 Å². The number of carbonyl (C=O) groups is 2. The number of halogens is 1. The molecule has 0 saturated carbocycles. The van der Waals surface area contributed by atoms with Gasteiger partial charge in [0.2, 0.25) is 0 Å². The molecule has 0 N–H and O–H groups in total. The number of carbonyl (C=O) groups excluding carboxylic acids is 2. The molecule has 4 aromatic rings. The highest BCUT2D eigenvalue weighted by Crippen LogP contribution is 2.39. The fourth-order valence-electron chi connectivity index (χ4n) is 3.87. The van der Waals surface area contributed by atoms with Crippen LogP contribution in [-0.4, -0.2) is 21.7 Å². The van der Waals surface area contributed by atoms with Crippen LogP contribution in [-0.2, 0) is 4.79 Å². The number of para-hydroxylation sites is 2. The Labute approximate surface area is 194 Å². The molecule has 0 saturated heterocycles. The van der Waals surface area contributed by atoms with Crippen molar-refractivity contribution in [3.63, 3.8) is 0 Å². The van der Waals surface area contributed by atoms with Crippen LogP contribution >= 0.6 is 11.6 Å². The number of ether oxygens (including phenoxy) is 2. The Kier molecular flexibility index (Phi) is 5.59. The fraction of sp³-hybridized carbons (Fsp3) is 0.0769. The summed E-state index contributed by atoms with van der Waals surface area (Å²) in [5.41, 5.74) is 1.66. The molecule has 1 aliphatic rings. The van der Waals surface area contributed by atoms with Gasteiger partial charge in [0.05, 0.1) is 5.56 Å². The second-order valence-corrected chi connectivity index (χ2v) is 7.94. The number of hydrogen-bond acceptors (Lipinski definition) is 6. The summed E-state index contributed by atoms with van der Waals surface area (Å²) in [7, 11) is 0. The van der Waals surface area contributed by atoms with Crippen LogP contribution in [0, 0.1) is 5.92 Å². The van der Waals surface area contributed by atoms with Gasteiger partial charge in [-0.1, -0.05) is 54.1 Å². The molecular weight excluding hydrogens is 440 g/mol. The van der Waals surface area contributed by atoms with Crippen LogP contribution in [0.5, 0.6) is 17.5 Å². The molecule has 0 amide bonds. The summed E-state index contributed by atoms with van der Waals surface area (Å²) in [6, 6.07) is 23.0. The van der Waals surface area contributed by atoms with Gasteiger partial charge in [0, 0.05) is 23.3 Å². The molecule has 5 rings (SSSR count). The van der Waals surface area contributed by atoms with E-state index in [0.29, 0.717) is 21.9 Å². The zero-order valence-corrected chi connectivity index (χ0v) is 18.0. The van der Waals surface area contributed by atoms with Gasteiger partial charge in [-0.25, -0.2) is 9.97 Å². The van der Waals surface area contributed by atoms with Gasteiger partial charge < -0.3 is 9.47 Å². The van der Waals surface area contributed by atoms with Gasteiger partial charge in [-0.15, -0.1) is 0 Å². The summed E-state index contributed by atoms with van der Waals surface area (Å²) in [5, 5.41) is 0.545. The minimum absolute atomic E-state index is 0.155. The molecular formula is C26H17ClN2O4. The number of benzene rings is 3. The standard InChI is InChI=1S/C26H17ClN2O4/c27-18-12-10-16(11-13-18)22(23-24(30)20-8-4-5-9-21(20)33-25(23)31)17-14-28-26(29-15-17)32-19-6-2-1-3-7-19/h1-15,22-23H. The summed E-state index contributed by atoms with van der Waals surface area (Å²) >= 11 is 6.07. The maximum absolute atomic E-state index is 13.4. The van der Waals surface area contributed by atoms with Crippen molar-refractivity contribution >= 4 is 23.4 Å². The van der Waals surface area contributed by atoms with Crippen LogP contribution in [0.4, 0.5) is 0 Å². The number of aromatic nitrogens is 2. The number of rotatable bonds is 5. The quantitative estimate of drug-likeness (QED) is 0.225. The molecule has 0 radical (unpaired) electrons. The van der Waals surface area contributed by atoms with Crippen molar-refractivity contribution in [3.05, 3.63) is 113 Å². The van der Waals surface area contributed by atoms with Crippen molar-refractivity contribution in [2.45, 2.75) is 5.92 Å². The Morgan fingerprint density at radius 2 is 1.48 bits per heavy atom. The third-order valence-electron chi connectivity index (χ3n) is 5.42. The Balaban J connectivity index is 1.54. The summed E-state index contributed by atoms with van der Waals surface area (Å²) < 4.78 is 11.2. The van der Waals surface area contributed by atoms with E-state index < -0.39 is 17.8 Å². The Morgan fingerprint density at radius 3 is 2.21 bits per heavy atom. The van der Waals surface area contributed by atoms with E-state index in [1.165, 1.54) is 0 Å². The molecule has 1 aliphatic heterocycles. The topological polar surface area (TPSA) is 78.4 Å². The van der Waals surface area contributed by atoms with E-state index in [1.54, 1.807) is 73.1 Å². The number of fused-ring (bicyclic) bond motifs is 1. The van der Waals surface area contributed by atoms with Crippen LogP contribution in [0.2, 0.25) is 5.02 Å². The Hall–Kier alpha value is -4.03. The number of hydrogen-bond donors (Lipinski definition) is 0. The van der Waals surface area contributed by atoms with Gasteiger partial charge in [0.25, 0.3) is 0 Å². The van der Waals surface area contributed by atoms with Gasteiger partial charge in [-0.3, -0.25) is 9.59 Å². The van der Waals surface area contributed by atoms with Crippen LogP contribution in [0.1, 0.15) is 27.4 Å². The van der Waals surface area contributed by atoms with Crippen molar-refractivity contribution < 1.29 is 19.1 Å². The molecule has 33 heavy (non-hydrogen) atoms. The summed E-state index contributed by atoms with van der Waals surface area (Å²) in [4.78, 5) is 35.0. The first-order chi connectivity index (χ1) is 16.1. The van der Waals surface area contributed by atoms with Gasteiger partial charge >= 0.3 is 12.0 Å². The van der Waals surface area contributed by atoms with E-state index >= 15 is 0 Å². The monoisotopic (exact) mass is 456 g/mol. The predicted octanol–water partition coefficient (Wildman–Crippen LogP) is 5.47. The van der Waals surface area contributed by atoms with E-state index in [0.717, 1.165) is 5.56 Å². The molecule has 0 bridgehead atoms. The van der Waals surface area contributed by atoms with Gasteiger partial charge in [-0.2, -0.15) is 0 Å². The molecule has 2 heterocycles. The summed E-state index contributed by atoms with van der Waals surface area (Å²) in [6.45, 7) is 0. The van der Waals surface area contributed by atoms with Crippen LogP contribution in [0.3, 0.4) is 0 Å². The largest absolute Gasteiger partial charge is 0.425 e. The van der Waals surface area contributed by atoms with E-state index in [9.17, 15) is 9.59 Å². The molecule has 0 fully saturated rings. The van der Waals surface area contributed by atoms with E-state index in [2.05, 4.69) is 9.97 Å². The van der Waals surface area contributed by atoms with Gasteiger partial charge in [-0.05, 0) is 47.5 Å². The smallest absolute Gasteiger partial charge is 0.323 e.